The Bertz CT molecular complexity index is 379. The molecule has 4 heteroatoms. The lowest BCUT2D eigenvalue weighted by atomic mass is 10.1. The number of thiocarbonyl (C=S) groups is 1. The van der Waals surface area contributed by atoms with Gasteiger partial charge in [0.25, 0.3) is 0 Å². The van der Waals surface area contributed by atoms with Gasteiger partial charge in [-0.1, -0.05) is 57.0 Å². The summed E-state index contributed by atoms with van der Waals surface area (Å²) in [4.78, 5) is 0. The van der Waals surface area contributed by atoms with Gasteiger partial charge in [0.15, 0.2) is 5.11 Å². The Morgan fingerprint density at radius 2 is 1.60 bits per heavy atom. The molecular weight excluding hydrogens is 288 g/mol. The molecule has 0 unspecified atom stereocenters. The van der Waals surface area contributed by atoms with Crippen molar-refractivity contribution in [3.63, 3.8) is 0 Å². The summed E-state index contributed by atoms with van der Waals surface area (Å²) in [6, 6.07) is 7.54. The lowest BCUT2D eigenvalue weighted by Gasteiger charge is -2.10. The van der Waals surface area contributed by atoms with Crippen molar-refractivity contribution in [3.8, 4) is 0 Å². The summed E-state index contributed by atoms with van der Waals surface area (Å²) >= 11 is 11.1. The second-order valence-electron chi connectivity index (χ2n) is 5.01. The number of rotatable bonds is 9. The Morgan fingerprint density at radius 1 is 1.00 bits per heavy atom. The highest BCUT2D eigenvalue weighted by Gasteiger charge is 1.97. The second-order valence-corrected chi connectivity index (χ2v) is 5.85. The number of anilines is 1. The zero-order valence-electron chi connectivity index (χ0n) is 12.3. The largest absolute Gasteiger partial charge is 0.362 e. The van der Waals surface area contributed by atoms with Gasteiger partial charge in [-0.2, -0.15) is 0 Å². The third-order valence-corrected chi connectivity index (χ3v) is 3.67. The normalized spacial score (nSPS) is 10.3. The Balaban J connectivity index is 2.01. The molecule has 0 aliphatic carbocycles. The van der Waals surface area contributed by atoms with Crippen LogP contribution in [0.4, 0.5) is 5.69 Å². The Labute approximate surface area is 133 Å². The SMILES string of the molecule is CCCCCCCCCNC(=S)Nc1ccc(Cl)cc1. The number of hydrogen-bond acceptors (Lipinski definition) is 1. The fourth-order valence-electron chi connectivity index (χ4n) is 1.99. The van der Waals surface area contributed by atoms with Crippen molar-refractivity contribution in [2.45, 2.75) is 51.9 Å². The Kier molecular flexibility index (Phi) is 9.42. The predicted octanol–water partition coefficient (Wildman–Crippen LogP) is 5.38. The third kappa shape index (κ3) is 8.39. The predicted molar refractivity (Wildman–Crippen MR) is 93.7 cm³/mol. The molecule has 1 aromatic rings. The van der Waals surface area contributed by atoms with Gasteiger partial charge >= 0.3 is 0 Å². The van der Waals surface area contributed by atoms with E-state index in [1.165, 1.54) is 44.9 Å². The molecule has 0 aromatic heterocycles. The molecule has 1 rings (SSSR count). The van der Waals surface area contributed by atoms with Crippen LogP contribution in [-0.2, 0) is 0 Å². The van der Waals surface area contributed by atoms with Crippen LogP contribution in [0.15, 0.2) is 24.3 Å². The van der Waals surface area contributed by atoms with Gasteiger partial charge in [0, 0.05) is 17.3 Å². The molecule has 2 N–H and O–H groups in total. The van der Waals surface area contributed by atoms with E-state index in [1.807, 2.05) is 24.3 Å². The maximum Gasteiger partial charge on any atom is 0.170 e. The van der Waals surface area contributed by atoms with E-state index in [-0.39, 0.29) is 0 Å². The minimum absolute atomic E-state index is 0.679. The van der Waals surface area contributed by atoms with Crippen molar-refractivity contribution in [3.05, 3.63) is 29.3 Å². The van der Waals surface area contributed by atoms with Crippen LogP contribution < -0.4 is 10.6 Å². The van der Waals surface area contributed by atoms with Crippen LogP contribution in [0.2, 0.25) is 5.02 Å². The van der Waals surface area contributed by atoms with Crippen LogP contribution in [0.5, 0.6) is 0 Å². The van der Waals surface area contributed by atoms with Crippen LogP contribution >= 0.6 is 23.8 Å². The molecule has 0 heterocycles. The van der Waals surface area contributed by atoms with Crippen molar-refractivity contribution in [2.24, 2.45) is 0 Å². The Morgan fingerprint density at radius 3 is 2.25 bits per heavy atom. The summed E-state index contributed by atoms with van der Waals surface area (Å²) in [6.45, 7) is 3.19. The Hall–Kier alpha value is -0.800. The molecule has 0 atom stereocenters. The van der Waals surface area contributed by atoms with Crippen molar-refractivity contribution in [1.29, 1.82) is 0 Å². The highest BCUT2D eigenvalue weighted by Crippen LogP contribution is 2.13. The van der Waals surface area contributed by atoms with E-state index in [2.05, 4.69) is 17.6 Å². The topological polar surface area (TPSA) is 24.1 Å². The van der Waals surface area contributed by atoms with Crippen LogP contribution in [0.3, 0.4) is 0 Å². The average Bonchev–Trinajstić information content (AvgIpc) is 2.44. The number of hydrogen-bond donors (Lipinski definition) is 2. The van der Waals surface area contributed by atoms with Gasteiger partial charge in [0.1, 0.15) is 0 Å². The zero-order chi connectivity index (χ0) is 14.6. The molecule has 0 saturated heterocycles. The molecule has 20 heavy (non-hydrogen) atoms. The highest BCUT2D eigenvalue weighted by molar-refractivity contribution is 7.80. The van der Waals surface area contributed by atoms with Gasteiger partial charge in [0.2, 0.25) is 0 Å². The molecule has 0 aliphatic heterocycles. The summed E-state index contributed by atoms with van der Waals surface area (Å²) in [5.41, 5.74) is 0.964. The second kappa shape index (κ2) is 10.9. The number of benzene rings is 1. The summed E-state index contributed by atoms with van der Waals surface area (Å²) in [7, 11) is 0. The van der Waals surface area contributed by atoms with Crippen LogP contribution in [-0.4, -0.2) is 11.7 Å². The molecule has 0 saturated carbocycles. The monoisotopic (exact) mass is 312 g/mol. The molecule has 112 valence electrons. The van der Waals surface area contributed by atoms with E-state index < -0.39 is 0 Å². The van der Waals surface area contributed by atoms with E-state index in [1.54, 1.807) is 0 Å². The van der Waals surface area contributed by atoms with Gasteiger partial charge in [-0.3, -0.25) is 0 Å². The first-order valence-electron chi connectivity index (χ1n) is 7.53. The smallest absolute Gasteiger partial charge is 0.170 e. The maximum absolute atomic E-state index is 5.84. The third-order valence-electron chi connectivity index (χ3n) is 3.17. The van der Waals surface area contributed by atoms with E-state index in [0.29, 0.717) is 5.11 Å². The molecule has 1 aromatic carbocycles. The lowest BCUT2D eigenvalue weighted by molar-refractivity contribution is 0.586. The molecule has 0 aliphatic rings. The molecule has 0 amide bonds. The minimum Gasteiger partial charge on any atom is -0.362 e. The van der Waals surface area contributed by atoms with E-state index in [9.17, 15) is 0 Å². The molecule has 0 spiro atoms. The van der Waals surface area contributed by atoms with E-state index >= 15 is 0 Å². The molecule has 0 bridgehead atoms. The lowest BCUT2D eigenvalue weighted by Crippen LogP contribution is -2.29. The van der Waals surface area contributed by atoms with Crippen LogP contribution in [0.1, 0.15) is 51.9 Å². The fraction of sp³-hybridized carbons (Fsp3) is 0.562. The fourth-order valence-corrected chi connectivity index (χ4v) is 2.34. The number of halogens is 1. The maximum atomic E-state index is 5.84. The average molecular weight is 313 g/mol. The minimum atomic E-state index is 0.679. The van der Waals surface area contributed by atoms with Crippen molar-refractivity contribution in [2.75, 3.05) is 11.9 Å². The number of unbranched alkanes of at least 4 members (excludes halogenated alkanes) is 6. The molecule has 2 nitrogen and oxygen atoms in total. The van der Waals surface area contributed by atoms with Crippen molar-refractivity contribution in [1.82, 2.24) is 5.32 Å². The zero-order valence-corrected chi connectivity index (χ0v) is 13.8. The number of nitrogens with one attached hydrogen (secondary N) is 2. The first-order valence-corrected chi connectivity index (χ1v) is 8.31. The summed E-state index contributed by atoms with van der Waals surface area (Å²) in [5.74, 6) is 0. The molecule has 0 radical (unpaired) electrons. The summed E-state index contributed by atoms with van der Waals surface area (Å²) in [6.07, 6.45) is 9.20. The van der Waals surface area contributed by atoms with Gasteiger partial charge in [-0.05, 0) is 42.9 Å². The quantitative estimate of drug-likeness (QED) is 0.473. The standard InChI is InChI=1S/C16H25ClN2S/c1-2-3-4-5-6-7-8-13-18-16(20)19-15-11-9-14(17)10-12-15/h9-12H,2-8,13H2,1H3,(H2,18,19,20). The molecule has 0 fully saturated rings. The van der Waals surface area contributed by atoms with Crippen LogP contribution in [0, 0.1) is 0 Å². The molecular formula is C16H25ClN2S. The van der Waals surface area contributed by atoms with Gasteiger partial charge in [0.05, 0.1) is 0 Å². The first-order chi connectivity index (χ1) is 9.72. The van der Waals surface area contributed by atoms with Crippen LogP contribution in [0.25, 0.3) is 0 Å². The summed E-state index contributed by atoms with van der Waals surface area (Å²) in [5, 5.41) is 7.80. The first kappa shape index (κ1) is 17.3. The van der Waals surface area contributed by atoms with Crippen molar-refractivity contribution < 1.29 is 0 Å². The van der Waals surface area contributed by atoms with E-state index in [4.69, 9.17) is 23.8 Å². The van der Waals surface area contributed by atoms with Gasteiger partial charge < -0.3 is 10.6 Å². The van der Waals surface area contributed by atoms with Gasteiger partial charge in [-0.15, -0.1) is 0 Å². The summed E-state index contributed by atoms with van der Waals surface area (Å²) < 4.78 is 0. The van der Waals surface area contributed by atoms with Crippen molar-refractivity contribution >= 4 is 34.6 Å². The van der Waals surface area contributed by atoms with Gasteiger partial charge in [-0.25, -0.2) is 0 Å². The van der Waals surface area contributed by atoms with E-state index in [0.717, 1.165) is 17.3 Å². The highest BCUT2D eigenvalue weighted by atomic mass is 35.5.